The van der Waals surface area contributed by atoms with E-state index in [1.54, 1.807) is 36.1 Å². The summed E-state index contributed by atoms with van der Waals surface area (Å²) in [5.41, 5.74) is 2.18. The molecule has 2 heterocycles. The van der Waals surface area contributed by atoms with Crippen molar-refractivity contribution < 1.29 is 8.42 Å². The summed E-state index contributed by atoms with van der Waals surface area (Å²) >= 11 is 12.0. The molecule has 2 aromatic heterocycles. The maximum Gasteiger partial charge on any atom is 0.229 e. The van der Waals surface area contributed by atoms with Gasteiger partial charge in [0.1, 0.15) is 0 Å². The van der Waals surface area contributed by atoms with E-state index in [0.29, 0.717) is 39.8 Å². The topological polar surface area (TPSA) is 102 Å². The molecule has 11 heteroatoms. The third-order valence-electron chi connectivity index (χ3n) is 3.38. The van der Waals surface area contributed by atoms with E-state index in [4.69, 9.17) is 23.2 Å². The first-order valence-electron chi connectivity index (χ1n) is 7.09. The standard InChI is InChI=1S/C14H14Cl2N6O2S/c1-17-12-11-13(20-14(16)19-12)22(7-18-11)6-8-5-9(15)3-4-10(8)21-25(2,23)24/h3-5,7,21H,6H2,1-2H3,(H,17,19,20). The van der Waals surface area contributed by atoms with Gasteiger partial charge in [-0.1, -0.05) is 11.6 Å². The van der Waals surface area contributed by atoms with Crippen molar-refractivity contribution in [3.05, 3.63) is 40.4 Å². The molecule has 0 amide bonds. The molecule has 0 unspecified atom stereocenters. The summed E-state index contributed by atoms with van der Waals surface area (Å²) in [4.78, 5) is 12.6. The first-order valence-corrected chi connectivity index (χ1v) is 9.74. The molecular formula is C14H14Cl2N6O2S. The fourth-order valence-corrected chi connectivity index (χ4v) is 3.34. The van der Waals surface area contributed by atoms with Gasteiger partial charge in [0.2, 0.25) is 15.3 Å². The molecule has 0 bridgehead atoms. The summed E-state index contributed by atoms with van der Waals surface area (Å²) in [6.07, 6.45) is 2.67. The van der Waals surface area contributed by atoms with Crippen LogP contribution < -0.4 is 10.0 Å². The molecule has 2 N–H and O–H groups in total. The molecule has 132 valence electrons. The largest absolute Gasteiger partial charge is 0.371 e. The maximum atomic E-state index is 11.6. The van der Waals surface area contributed by atoms with Gasteiger partial charge in [0.15, 0.2) is 17.0 Å². The minimum atomic E-state index is -3.43. The zero-order valence-corrected chi connectivity index (χ0v) is 15.6. The molecule has 0 aliphatic heterocycles. The average Bonchev–Trinajstić information content (AvgIpc) is 2.91. The fourth-order valence-electron chi connectivity index (χ4n) is 2.38. The highest BCUT2D eigenvalue weighted by atomic mass is 35.5. The number of hydrogen-bond acceptors (Lipinski definition) is 6. The molecule has 0 atom stereocenters. The van der Waals surface area contributed by atoms with Crippen LogP contribution in [0.4, 0.5) is 11.5 Å². The molecule has 0 radical (unpaired) electrons. The van der Waals surface area contributed by atoms with Gasteiger partial charge >= 0.3 is 0 Å². The normalized spacial score (nSPS) is 11.7. The first-order chi connectivity index (χ1) is 11.8. The van der Waals surface area contributed by atoms with Crippen LogP contribution in [0.3, 0.4) is 0 Å². The van der Waals surface area contributed by atoms with Crippen LogP contribution in [-0.2, 0) is 16.6 Å². The van der Waals surface area contributed by atoms with E-state index < -0.39 is 10.0 Å². The van der Waals surface area contributed by atoms with Gasteiger partial charge in [-0.15, -0.1) is 0 Å². The highest BCUT2D eigenvalue weighted by Crippen LogP contribution is 2.25. The van der Waals surface area contributed by atoms with Crippen LogP contribution in [0, 0.1) is 0 Å². The van der Waals surface area contributed by atoms with E-state index in [1.165, 1.54) is 0 Å². The lowest BCUT2D eigenvalue weighted by atomic mass is 10.2. The van der Waals surface area contributed by atoms with Gasteiger partial charge in [-0.25, -0.2) is 13.4 Å². The van der Waals surface area contributed by atoms with Crippen LogP contribution in [0.15, 0.2) is 24.5 Å². The molecule has 3 rings (SSSR count). The number of hydrogen-bond donors (Lipinski definition) is 2. The minimum Gasteiger partial charge on any atom is -0.371 e. The highest BCUT2D eigenvalue weighted by Gasteiger charge is 2.14. The third kappa shape index (κ3) is 3.94. The summed E-state index contributed by atoms with van der Waals surface area (Å²) < 4.78 is 27.4. The maximum absolute atomic E-state index is 11.6. The number of sulfonamides is 1. The van der Waals surface area contributed by atoms with Crippen molar-refractivity contribution in [3.63, 3.8) is 0 Å². The Labute approximate surface area is 154 Å². The molecule has 0 fully saturated rings. The number of halogens is 2. The van der Waals surface area contributed by atoms with Gasteiger partial charge < -0.3 is 9.88 Å². The molecule has 0 aliphatic carbocycles. The second kappa shape index (κ2) is 6.66. The van der Waals surface area contributed by atoms with Crippen LogP contribution in [0.25, 0.3) is 11.2 Å². The first kappa shape index (κ1) is 17.7. The monoisotopic (exact) mass is 400 g/mol. The molecule has 8 nitrogen and oxygen atoms in total. The number of benzene rings is 1. The summed E-state index contributed by atoms with van der Waals surface area (Å²) in [6.45, 7) is 0.297. The summed E-state index contributed by atoms with van der Waals surface area (Å²) in [7, 11) is -1.72. The number of anilines is 2. The van der Waals surface area contributed by atoms with Crippen molar-refractivity contribution in [1.29, 1.82) is 0 Å². The van der Waals surface area contributed by atoms with Crippen LogP contribution in [0.2, 0.25) is 10.3 Å². The van der Waals surface area contributed by atoms with E-state index in [-0.39, 0.29) is 5.28 Å². The van der Waals surface area contributed by atoms with Crippen LogP contribution in [-0.4, -0.2) is 41.2 Å². The Morgan fingerprint density at radius 1 is 1.24 bits per heavy atom. The number of aromatic nitrogens is 4. The predicted octanol–water partition coefficient (Wildman–Crippen LogP) is 2.59. The zero-order chi connectivity index (χ0) is 18.2. The molecular weight excluding hydrogens is 387 g/mol. The molecule has 3 aromatic rings. The third-order valence-corrected chi connectivity index (χ3v) is 4.37. The lowest BCUT2D eigenvalue weighted by Gasteiger charge is -2.12. The average molecular weight is 401 g/mol. The van der Waals surface area contributed by atoms with Crippen molar-refractivity contribution in [2.45, 2.75) is 6.54 Å². The number of fused-ring (bicyclic) bond motifs is 1. The van der Waals surface area contributed by atoms with Gasteiger partial charge in [0.25, 0.3) is 0 Å². The van der Waals surface area contributed by atoms with Gasteiger partial charge in [0, 0.05) is 12.1 Å². The fraction of sp³-hybridized carbons (Fsp3) is 0.214. The summed E-state index contributed by atoms with van der Waals surface area (Å²) in [5.74, 6) is 0.509. The van der Waals surface area contributed by atoms with Crippen LogP contribution in [0.1, 0.15) is 5.56 Å². The molecule has 1 aromatic carbocycles. The van der Waals surface area contributed by atoms with Gasteiger partial charge in [-0.05, 0) is 35.4 Å². The Kier molecular flexibility index (Phi) is 4.72. The highest BCUT2D eigenvalue weighted by molar-refractivity contribution is 7.92. The van der Waals surface area contributed by atoms with Crippen LogP contribution >= 0.6 is 23.2 Å². The van der Waals surface area contributed by atoms with Crippen molar-refractivity contribution in [3.8, 4) is 0 Å². The van der Waals surface area contributed by atoms with E-state index in [0.717, 1.165) is 6.26 Å². The Bertz CT molecular complexity index is 1050. The number of nitrogens with one attached hydrogen (secondary N) is 2. The van der Waals surface area contributed by atoms with Crippen molar-refractivity contribution in [1.82, 2.24) is 19.5 Å². The number of nitrogens with zero attached hydrogens (tertiary/aromatic N) is 4. The van der Waals surface area contributed by atoms with Gasteiger partial charge in [-0.3, -0.25) is 4.72 Å². The Balaban J connectivity index is 2.07. The molecule has 25 heavy (non-hydrogen) atoms. The Morgan fingerprint density at radius 2 is 2.00 bits per heavy atom. The van der Waals surface area contributed by atoms with E-state index in [2.05, 4.69) is 25.0 Å². The Hall–Kier alpha value is -2.10. The van der Waals surface area contributed by atoms with Crippen LogP contribution in [0.5, 0.6) is 0 Å². The van der Waals surface area contributed by atoms with E-state index in [9.17, 15) is 8.42 Å². The number of rotatable bonds is 5. The zero-order valence-electron chi connectivity index (χ0n) is 13.3. The second-order valence-electron chi connectivity index (χ2n) is 5.31. The van der Waals surface area contributed by atoms with E-state index in [1.807, 2.05) is 0 Å². The molecule has 0 aliphatic rings. The van der Waals surface area contributed by atoms with Crippen molar-refractivity contribution in [2.24, 2.45) is 0 Å². The molecule has 0 spiro atoms. The lowest BCUT2D eigenvalue weighted by molar-refractivity contribution is 0.606. The number of imidazole rings is 1. The molecule has 0 saturated carbocycles. The van der Waals surface area contributed by atoms with Crippen molar-refractivity contribution in [2.75, 3.05) is 23.3 Å². The smallest absolute Gasteiger partial charge is 0.229 e. The molecule has 0 saturated heterocycles. The quantitative estimate of drug-likeness (QED) is 0.638. The Morgan fingerprint density at radius 3 is 2.68 bits per heavy atom. The second-order valence-corrected chi connectivity index (χ2v) is 7.83. The van der Waals surface area contributed by atoms with Crippen molar-refractivity contribution >= 4 is 55.9 Å². The SMILES string of the molecule is CNc1nc(Cl)nc2c1ncn2Cc1cc(Cl)ccc1NS(C)(=O)=O. The van der Waals surface area contributed by atoms with Gasteiger partial charge in [0.05, 0.1) is 24.8 Å². The lowest BCUT2D eigenvalue weighted by Crippen LogP contribution is -2.12. The summed E-state index contributed by atoms with van der Waals surface area (Å²) in [5, 5.41) is 3.49. The minimum absolute atomic E-state index is 0.0826. The van der Waals surface area contributed by atoms with E-state index >= 15 is 0 Å². The summed E-state index contributed by atoms with van der Waals surface area (Å²) in [6, 6.07) is 4.91. The predicted molar refractivity (Wildman–Crippen MR) is 98.9 cm³/mol. The van der Waals surface area contributed by atoms with Gasteiger partial charge in [-0.2, -0.15) is 9.97 Å².